The van der Waals surface area contributed by atoms with Gasteiger partial charge in [-0.2, -0.15) is 0 Å². The van der Waals surface area contributed by atoms with Crippen LogP contribution in [0.15, 0.2) is 41.1 Å². The molecule has 1 aromatic carbocycles. The molecule has 8 nitrogen and oxygen atoms in total. The van der Waals surface area contributed by atoms with Gasteiger partial charge < -0.3 is 19.5 Å². The number of ether oxygens (including phenoxy) is 1. The van der Waals surface area contributed by atoms with Gasteiger partial charge in [-0.15, -0.1) is 0 Å². The van der Waals surface area contributed by atoms with Crippen molar-refractivity contribution in [2.45, 2.75) is 12.8 Å². The summed E-state index contributed by atoms with van der Waals surface area (Å²) in [7, 11) is 0. The molecule has 0 aliphatic carbocycles. The Kier molecular flexibility index (Phi) is 6.21. The molecule has 8 heteroatoms. The molecule has 0 saturated carbocycles. The Morgan fingerprint density at radius 1 is 1.08 bits per heavy atom. The highest BCUT2D eigenvalue weighted by Gasteiger charge is 2.14. The predicted octanol–water partition coefficient (Wildman–Crippen LogP) is 1.20. The van der Waals surface area contributed by atoms with Crippen LogP contribution >= 0.6 is 0 Å². The molecule has 1 saturated heterocycles. The van der Waals surface area contributed by atoms with Crippen molar-refractivity contribution in [3.63, 3.8) is 0 Å². The topological polar surface area (TPSA) is 96.7 Å². The molecule has 0 radical (unpaired) electrons. The summed E-state index contributed by atoms with van der Waals surface area (Å²) in [5.74, 6) is -1.23. The Morgan fingerprint density at radius 3 is 2.54 bits per heavy atom. The molecule has 2 aromatic rings. The molecule has 2 N–H and O–H groups in total. The Bertz CT molecular complexity index is 709. The molecule has 3 rings (SSSR count). The van der Waals surface area contributed by atoms with Gasteiger partial charge in [-0.05, 0) is 30.5 Å². The van der Waals surface area contributed by atoms with Crippen molar-refractivity contribution >= 4 is 23.3 Å². The second-order valence-electron chi connectivity index (χ2n) is 5.96. The van der Waals surface area contributed by atoms with Gasteiger partial charge in [-0.3, -0.25) is 14.9 Å². The minimum absolute atomic E-state index is 0.213. The first kappa shape index (κ1) is 17.9. The second-order valence-corrected chi connectivity index (χ2v) is 5.96. The molecular weight excluding hydrogens is 336 g/mol. The van der Waals surface area contributed by atoms with E-state index in [1.807, 2.05) is 0 Å². The number of carbonyl (C=O) groups excluding carboxylic acids is 2. The van der Waals surface area contributed by atoms with Crippen LogP contribution in [0, 0.1) is 0 Å². The summed E-state index contributed by atoms with van der Waals surface area (Å²) in [5.41, 5.74) is 2.40. The molecule has 26 heavy (non-hydrogen) atoms. The van der Waals surface area contributed by atoms with E-state index in [1.54, 1.807) is 0 Å². The summed E-state index contributed by atoms with van der Waals surface area (Å²) in [6.07, 6.45) is 2.90. The molecule has 2 amide bonds. The number of hydrogen-bond acceptors (Lipinski definition) is 6. The van der Waals surface area contributed by atoms with Gasteiger partial charge in [0.15, 0.2) is 5.82 Å². The lowest BCUT2D eigenvalue weighted by Crippen LogP contribution is -2.36. The summed E-state index contributed by atoms with van der Waals surface area (Å²) in [6, 6.07) is 9.90. The van der Waals surface area contributed by atoms with Crippen LogP contribution in [0.5, 0.6) is 0 Å². The van der Waals surface area contributed by atoms with Crippen molar-refractivity contribution < 1.29 is 18.8 Å². The number of anilines is 2. The number of nitrogens with zero attached hydrogens (tertiary/aromatic N) is 2. The second kappa shape index (κ2) is 9.00. The lowest BCUT2D eigenvalue weighted by atomic mass is 10.1. The van der Waals surface area contributed by atoms with Crippen molar-refractivity contribution in [2.24, 2.45) is 0 Å². The van der Waals surface area contributed by atoms with Gasteiger partial charge in [0.05, 0.1) is 13.2 Å². The Balaban J connectivity index is 1.36. The van der Waals surface area contributed by atoms with Gasteiger partial charge in [-0.1, -0.05) is 17.3 Å². The fraction of sp³-hybridized carbons (Fsp3) is 0.389. The molecule has 0 bridgehead atoms. The van der Waals surface area contributed by atoms with Crippen LogP contribution in [-0.2, 0) is 20.7 Å². The van der Waals surface area contributed by atoms with Gasteiger partial charge in [0, 0.05) is 31.4 Å². The van der Waals surface area contributed by atoms with Gasteiger partial charge in [-0.25, -0.2) is 0 Å². The van der Waals surface area contributed by atoms with Crippen molar-refractivity contribution in [1.82, 2.24) is 10.5 Å². The number of rotatable bonds is 6. The zero-order valence-corrected chi connectivity index (χ0v) is 14.4. The number of aromatic nitrogens is 1. The number of benzene rings is 1. The van der Waals surface area contributed by atoms with E-state index in [2.05, 4.69) is 49.5 Å². The minimum Gasteiger partial charge on any atom is -0.378 e. The van der Waals surface area contributed by atoms with E-state index < -0.39 is 11.8 Å². The molecule has 0 atom stereocenters. The van der Waals surface area contributed by atoms with Crippen molar-refractivity contribution in [3.8, 4) is 0 Å². The van der Waals surface area contributed by atoms with Gasteiger partial charge >= 0.3 is 11.8 Å². The highest BCUT2D eigenvalue weighted by Crippen LogP contribution is 2.17. The Hall–Kier alpha value is -2.87. The van der Waals surface area contributed by atoms with Gasteiger partial charge in [0.2, 0.25) is 0 Å². The third-order valence-corrected chi connectivity index (χ3v) is 4.13. The fourth-order valence-corrected chi connectivity index (χ4v) is 2.72. The van der Waals surface area contributed by atoms with Crippen LogP contribution in [0.3, 0.4) is 0 Å². The molecular formula is C18H22N4O4. The van der Waals surface area contributed by atoms with Crippen LogP contribution in [0.25, 0.3) is 0 Å². The van der Waals surface area contributed by atoms with E-state index in [9.17, 15) is 9.59 Å². The van der Waals surface area contributed by atoms with Crippen LogP contribution < -0.4 is 15.5 Å². The average molecular weight is 358 g/mol. The van der Waals surface area contributed by atoms with Crippen molar-refractivity contribution in [3.05, 3.63) is 42.2 Å². The van der Waals surface area contributed by atoms with Crippen molar-refractivity contribution in [1.29, 1.82) is 0 Å². The predicted molar refractivity (Wildman–Crippen MR) is 95.9 cm³/mol. The highest BCUT2D eigenvalue weighted by molar-refractivity contribution is 6.39. The summed E-state index contributed by atoms with van der Waals surface area (Å²) >= 11 is 0. The maximum absolute atomic E-state index is 11.7. The minimum atomic E-state index is -0.756. The normalized spacial score (nSPS) is 14.1. The molecule has 0 unspecified atom stereocenters. The zero-order valence-electron chi connectivity index (χ0n) is 14.4. The summed E-state index contributed by atoms with van der Waals surface area (Å²) in [6.45, 7) is 3.80. The lowest BCUT2D eigenvalue weighted by Gasteiger charge is -2.28. The summed E-state index contributed by atoms with van der Waals surface area (Å²) in [4.78, 5) is 25.7. The number of aryl methyl sites for hydroxylation is 1. The number of carbonyl (C=O) groups is 2. The molecule has 138 valence electrons. The van der Waals surface area contributed by atoms with Crippen LogP contribution in [0.1, 0.15) is 12.0 Å². The molecule has 0 spiro atoms. The summed E-state index contributed by atoms with van der Waals surface area (Å²) in [5, 5.41) is 8.46. The lowest BCUT2D eigenvalue weighted by molar-refractivity contribution is -0.136. The van der Waals surface area contributed by atoms with Gasteiger partial charge in [0.1, 0.15) is 6.26 Å². The fourth-order valence-electron chi connectivity index (χ4n) is 2.72. The number of nitrogens with one attached hydrogen (secondary N) is 2. The smallest absolute Gasteiger partial charge is 0.314 e. The molecule has 1 fully saturated rings. The number of morpholine rings is 1. The molecule has 1 aliphatic rings. The molecule has 1 aromatic heterocycles. The van der Waals surface area contributed by atoms with Gasteiger partial charge in [0.25, 0.3) is 0 Å². The first-order chi connectivity index (χ1) is 12.7. The first-order valence-corrected chi connectivity index (χ1v) is 8.63. The summed E-state index contributed by atoms with van der Waals surface area (Å²) < 4.78 is 9.95. The third kappa shape index (κ3) is 5.06. The number of amides is 2. The molecule has 2 heterocycles. The van der Waals surface area contributed by atoms with Crippen LogP contribution in [0.2, 0.25) is 0 Å². The van der Waals surface area contributed by atoms with E-state index in [1.165, 1.54) is 23.6 Å². The van der Waals surface area contributed by atoms with Crippen LogP contribution in [-0.4, -0.2) is 49.8 Å². The van der Waals surface area contributed by atoms with E-state index in [0.29, 0.717) is 6.54 Å². The van der Waals surface area contributed by atoms with E-state index >= 15 is 0 Å². The Morgan fingerprint density at radius 2 is 1.85 bits per heavy atom. The monoisotopic (exact) mass is 358 g/mol. The van der Waals surface area contributed by atoms with E-state index in [4.69, 9.17) is 4.74 Å². The zero-order chi connectivity index (χ0) is 18.2. The van der Waals surface area contributed by atoms with Crippen molar-refractivity contribution in [2.75, 3.05) is 43.1 Å². The molecule has 1 aliphatic heterocycles. The first-order valence-electron chi connectivity index (χ1n) is 8.63. The van der Waals surface area contributed by atoms with E-state index in [-0.39, 0.29) is 5.82 Å². The maximum Gasteiger partial charge on any atom is 0.314 e. The largest absolute Gasteiger partial charge is 0.378 e. The third-order valence-electron chi connectivity index (χ3n) is 4.13. The Labute approximate surface area is 151 Å². The van der Waals surface area contributed by atoms with Crippen LogP contribution in [0.4, 0.5) is 11.5 Å². The highest BCUT2D eigenvalue weighted by atomic mass is 16.5. The van der Waals surface area contributed by atoms with E-state index in [0.717, 1.165) is 39.1 Å². The SMILES string of the molecule is O=C(NCCCc1ccc(N2CCOCC2)cc1)C(=O)Nc1ccon1. The maximum atomic E-state index is 11.7. The standard InChI is InChI=1S/C18H22N4O4/c23-17(18(24)20-16-7-11-26-21-16)19-8-1-2-14-3-5-15(6-4-14)22-9-12-25-13-10-22/h3-7,11H,1-2,8-10,12-13H2,(H,19,23)(H,20,21,24). The quantitative estimate of drug-likeness (QED) is 0.595. The average Bonchev–Trinajstić information content (AvgIpc) is 3.19. The number of hydrogen-bond donors (Lipinski definition) is 2.